The zero-order valence-electron chi connectivity index (χ0n) is 17.5. The van der Waals surface area contributed by atoms with Gasteiger partial charge in [0, 0.05) is 24.0 Å². The third-order valence-electron chi connectivity index (χ3n) is 4.90. The average Bonchev–Trinajstić information content (AvgIpc) is 3.20. The van der Waals surface area contributed by atoms with Gasteiger partial charge in [0.2, 0.25) is 0 Å². The third kappa shape index (κ3) is 4.68. The smallest absolute Gasteiger partial charge is 0.270 e. The van der Waals surface area contributed by atoms with Crippen LogP contribution in [0.5, 0.6) is 0 Å². The maximum atomic E-state index is 12.6. The van der Waals surface area contributed by atoms with E-state index in [1.54, 1.807) is 35.0 Å². The fourth-order valence-corrected chi connectivity index (χ4v) is 3.65. The number of nitriles is 1. The molecule has 9 nitrogen and oxygen atoms in total. The Labute approximate surface area is 193 Å². The minimum absolute atomic E-state index is 0.111. The number of nitrogens with one attached hydrogen (secondary N) is 1. The summed E-state index contributed by atoms with van der Waals surface area (Å²) in [5.74, 6) is -0.505. The lowest BCUT2D eigenvalue weighted by Crippen LogP contribution is -2.34. The van der Waals surface area contributed by atoms with Crippen molar-refractivity contribution < 1.29 is 15.0 Å². The van der Waals surface area contributed by atoms with Crippen molar-refractivity contribution in [1.82, 2.24) is 24.9 Å². The molecule has 10 heteroatoms. The van der Waals surface area contributed by atoms with Gasteiger partial charge in [0.15, 0.2) is 5.65 Å². The second kappa shape index (κ2) is 9.34. The van der Waals surface area contributed by atoms with Crippen LogP contribution in [0.1, 0.15) is 21.7 Å². The summed E-state index contributed by atoms with van der Waals surface area (Å²) in [5.41, 5.74) is 4.30. The van der Waals surface area contributed by atoms with Crippen LogP contribution in [0.3, 0.4) is 0 Å². The second-order valence-corrected chi connectivity index (χ2v) is 7.75. The zero-order chi connectivity index (χ0) is 23.5. The third-order valence-corrected chi connectivity index (χ3v) is 5.10. The Balaban J connectivity index is 1.90. The number of carbonyl (C=O) groups excluding carboxylic acids is 1. The molecule has 166 valence electrons. The lowest BCUT2D eigenvalue weighted by Gasteiger charge is -2.09. The van der Waals surface area contributed by atoms with E-state index >= 15 is 0 Å². The Kier molecular flexibility index (Phi) is 6.33. The molecular formula is C23H19ClN6O3. The zero-order valence-corrected chi connectivity index (χ0v) is 18.3. The van der Waals surface area contributed by atoms with Gasteiger partial charge in [0.05, 0.1) is 29.9 Å². The number of aliphatic hydroxyl groups is 2. The number of hydrogen-bond acceptors (Lipinski definition) is 7. The van der Waals surface area contributed by atoms with E-state index in [9.17, 15) is 15.2 Å². The molecule has 0 aliphatic rings. The van der Waals surface area contributed by atoms with Gasteiger partial charge < -0.3 is 15.5 Å². The summed E-state index contributed by atoms with van der Waals surface area (Å²) in [7, 11) is 0. The first-order valence-corrected chi connectivity index (χ1v) is 10.4. The summed E-state index contributed by atoms with van der Waals surface area (Å²) < 4.78 is 1.55. The van der Waals surface area contributed by atoms with Gasteiger partial charge in [0.1, 0.15) is 16.5 Å². The van der Waals surface area contributed by atoms with E-state index in [1.165, 1.54) is 6.07 Å². The van der Waals surface area contributed by atoms with Gasteiger partial charge in [-0.1, -0.05) is 23.7 Å². The number of nitrogens with zero attached hydrogens (tertiary/aromatic N) is 5. The first kappa shape index (κ1) is 22.4. The largest absolute Gasteiger partial charge is 0.394 e. The fourth-order valence-electron chi connectivity index (χ4n) is 3.40. The second-order valence-electron chi connectivity index (χ2n) is 7.36. The first-order valence-electron chi connectivity index (χ1n) is 10.0. The van der Waals surface area contributed by atoms with Crippen molar-refractivity contribution >= 4 is 23.2 Å². The van der Waals surface area contributed by atoms with Crippen LogP contribution in [0, 0.1) is 18.3 Å². The quantitative estimate of drug-likeness (QED) is 0.374. The lowest BCUT2D eigenvalue weighted by molar-refractivity contribution is 0.0799. The number of benzene rings is 1. The summed E-state index contributed by atoms with van der Waals surface area (Å²) in [6, 6.07) is 14.2. The highest BCUT2D eigenvalue weighted by atomic mass is 35.5. The van der Waals surface area contributed by atoms with E-state index in [-0.39, 0.29) is 12.2 Å². The Morgan fingerprint density at radius 1 is 1.24 bits per heavy atom. The van der Waals surface area contributed by atoms with Crippen molar-refractivity contribution in [3.63, 3.8) is 0 Å². The highest BCUT2D eigenvalue weighted by molar-refractivity contribution is 6.29. The molecule has 4 rings (SSSR count). The van der Waals surface area contributed by atoms with Gasteiger partial charge in [-0.15, -0.1) is 0 Å². The van der Waals surface area contributed by atoms with E-state index < -0.39 is 18.6 Å². The molecule has 3 aromatic heterocycles. The predicted octanol–water partition coefficient (Wildman–Crippen LogP) is 2.37. The molecule has 0 bridgehead atoms. The van der Waals surface area contributed by atoms with Gasteiger partial charge in [0.25, 0.3) is 5.91 Å². The van der Waals surface area contributed by atoms with E-state index in [2.05, 4.69) is 26.5 Å². The van der Waals surface area contributed by atoms with Crippen LogP contribution in [0.4, 0.5) is 0 Å². The van der Waals surface area contributed by atoms with Crippen molar-refractivity contribution in [3.8, 4) is 28.5 Å². The van der Waals surface area contributed by atoms with E-state index in [0.717, 1.165) is 0 Å². The molecule has 3 N–H and O–H groups in total. The molecule has 3 heterocycles. The van der Waals surface area contributed by atoms with Crippen LogP contribution in [0.25, 0.3) is 28.0 Å². The number of halogens is 1. The Bertz CT molecular complexity index is 1370. The molecule has 0 spiro atoms. The molecule has 0 saturated carbocycles. The summed E-state index contributed by atoms with van der Waals surface area (Å²) in [6.45, 7) is 1.24. The Morgan fingerprint density at radius 2 is 2.06 bits per heavy atom. The van der Waals surface area contributed by atoms with Crippen LogP contribution >= 0.6 is 11.6 Å². The number of pyridine rings is 1. The molecule has 0 saturated heterocycles. The number of rotatable bonds is 6. The molecule has 1 atom stereocenters. The number of aromatic nitrogens is 4. The highest BCUT2D eigenvalue weighted by Crippen LogP contribution is 2.35. The standard InChI is InChI=1S/C23H19ClN6O3/c1-13-7-16(9-19(24)27-13)20-21(15-4-2-3-14(8-15)10-25)29-30-6-5-18(28-22(20)30)23(33)26-11-17(32)12-31/h2-9,17,31-32H,11-12H2,1H3,(H,26,33)/t17-/m0/s1. The summed E-state index contributed by atoms with van der Waals surface area (Å²) >= 11 is 6.22. The molecule has 0 fully saturated rings. The first-order chi connectivity index (χ1) is 15.9. The predicted molar refractivity (Wildman–Crippen MR) is 122 cm³/mol. The van der Waals surface area contributed by atoms with Crippen LogP contribution in [0.2, 0.25) is 5.15 Å². The minimum Gasteiger partial charge on any atom is -0.394 e. The van der Waals surface area contributed by atoms with Gasteiger partial charge in [-0.2, -0.15) is 10.4 Å². The van der Waals surface area contributed by atoms with Crippen LogP contribution in [-0.2, 0) is 0 Å². The number of carbonyl (C=O) groups is 1. The Morgan fingerprint density at radius 3 is 2.79 bits per heavy atom. The van der Waals surface area contributed by atoms with Crippen molar-refractivity contribution in [2.24, 2.45) is 0 Å². The molecule has 4 aromatic rings. The SMILES string of the molecule is Cc1cc(-c2c(-c3cccc(C#N)c3)nn3ccc(C(=O)NC[C@H](O)CO)nc23)cc(Cl)n1. The molecule has 1 aromatic carbocycles. The van der Waals surface area contributed by atoms with Crippen LogP contribution in [0.15, 0.2) is 48.7 Å². The van der Waals surface area contributed by atoms with E-state index in [4.69, 9.17) is 16.7 Å². The van der Waals surface area contributed by atoms with Crippen LogP contribution < -0.4 is 5.32 Å². The monoisotopic (exact) mass is 462 g/mol. The molecule has 1 amide bonds. The molecule has 0 aliphatic carbocycles. The summed E-state index contributed by atoms with van der Waals surface area (Å²) in [5, 5.41) is 35.3. The average molecular weight is 463 g/mol. The fraction of sp³-hybridized carbons (Fsp3) is 0.174. The van der Waals surface area contributed by atoms with Gasteiger partial charge in [-0.05, 0) is 42.8 Å². The topological polar surface area (TPSA) is 136 Å². The number of aliphatic hydroxyl groups excluding tert-OH is 2. The van der Waals surface area contributed by atoms with Crippen molar-refractivity contribution in [3.05, 3.63) is 70.8 Å². The van der Waals surface area contributed by atoms with Crippen LogP contribution in [-0.4, -0.2) is 55.0 Å². The van der Waals surface area contributed by atoms with E-state index in [0.29, 0.717) is 44.4 Å². The maximum absolute atomic E-state index is 12.6. The van der Waals surface area contributed by atoms with Crippen molar-refractivity contribution in [2.75, 3.05) is 13.2 Å². The maximum Gasteiger partial charge on any atom is 0.270 e. The van der Waals surface area contributed by atoms with Gasteiger partial charge in [-0.3, -0.25) is 4.79 Å². The van der Waals surface area contributed by atoms with Crippen molar-refractivity contribution in [2.45, 2.75) is 13.0 Å². The van der Waals surface area contributed by atoms with E-state index in [1.807, 2.05) is 19.1 Å². The molecule has 33 heavy (non-hydrogen) atoms. The minimum atomic E-state index is -1.07. The summed E-state index contributed by atoms with van der Waals surface area (Å²) in [6.07, 6.45) is 0.542. The number of amides is 1. The molecule has 0 aliphatic heterocycles. The highest BCUT2D eigenvalue weighted by Gasteiger charge is 2.21. The lowest BCUT2D eigenvalue weighted by atomic mass is 10.00. The van der Waals surface area contributed by atoms with Crippen molar-refractivity contribution in [1.29, 1.82) is 5.26 Å². The Hall–Kier alpha value is -3.84. The number of fused-ring (bicyclic) bond motifs is 1. The molecule has 0 radical (unpaired) electrons. The summed E-state index contributed by atoms with van der Waals surface area (Å²) in [4.78, 5) is 21.3. The van der Waals surface area contributed by atoms with Gasteiger partial charge >= 0.3 is 0 Å². The molecule has 0 unspecified atom stereocenters. The van der Waals surface area contributed by atoms with Gasteiger partial charge in [-0.25, -0.2) is 14.5 Å². The number of aryl methyl sites for hydroxylation is 1. The number of hydrogen-bond donors (Lipinski definition) is 3. The molecular weight excluding hydrogens is 444 g/mol. The normalized spacial score (nSPS) is 11.8.